The van der Waals surface area contributed by atoms with Crippen molar-refractivity contribution in [2.75, 3.05) is 36.6 Å². The molecule has 1 heterocycles. The quantitative estimate of drug-likeness (QED) is 0.229. The number of rotatable bonds is 13. The van der Waals surface area contributed by atoms with Crippen LogP contribution in [0.25, 0.3) is 0 Å². The van der Waals surface area contributed by atoms with E-state index in [1.807, 2.05) is 13.8 Å². The molecular formula is C29H34N2O8. The van der Waals surface area contributed by atoms with Crippen LogP contribution in [0.1, 0.15) is 66.7 Å². The van der Waals surface area contributed by atoms with Crippen LogP contribution in [-0.2, 0) is 28.6 Å². The maximum Gasteiger partial charge on any atom is 0.338 e. The van der Waals surface area contributed by atoms with Crippen molar-refractivity contribution in [1.82, 2.24) is 0 Å². The summed E-state index contributed by atoms with van der Waals surface area (Å²) in [7, 11) is 0. The zero-order valence-corrected chi connectivity index (χ0v) is 22.3. The Labute approximate surface area is 227 Å². The van der Waals surface area contributed by atoms with E-state index >= 15 is 0 Å². The zero-order chi connectivity index (χ0) is 28.2. The summed E-state index contributed by atoms with van der Waals surface area (Å²) in [5.41, 5.74) is 1.73. The molecule has 1 atom stereocenters. The summed E-state index contributed by atoms with van der Waals surface area (Å²) in [4.78, 5) is 62.8. The van der Waals surface area contributed by atoms with Gasteiger partial charge in [-0.15, -0.1) is 0 Å². The van der Waals surface area contributed by atoms with E-state index in [2.05, 4.69) is 5.32 Å². The second-order valence-corrected chi connectivity index (χ2v) is 9.16. The molecule has 10 heteroatoms. The summed E-state index contributed by atoms with van der Waals surface area (Å²) < 4.78 is 15.5. The van der Waals surface area contributed by atoms with Gasteiger partial charge in [0.25, 0.3) is 5.91 Å². The number of esters is 3. The average Bonchev–Trinajstić information content (AvgIpc) is 3.34. The van der Waals surface area contributed by atoms with Crippen LogP contribution in [-0.4, -0.2) is 56.1 Å². The van der Waals surface area contributed by atoms with E-state index < -0.39 is 36.3 Å². The molecule has 2 aromatic rings. The first-order valence-corrected chi connectivity index (χ1v) is 13.1. The third-order valence-corrected chi connectivity index (χ3v) is 6.09. The number of benzene rings is 2. The van der Waals surface area contributed by atoms with Gasteiger partial charge in [0, 0.05) is 24.3 Å². The van der Waals surface area contributed by atoms with Crippen molar-refractivity contribution in [3.8, 4) is 0 Å². The molecule has 39 heavy (non-hydrogen) atoms. The minimum atomic E-state index is -0.720. The fourth-order valence-electron chi connectivity index (χ4n) is 3.82. The molecule has 1 aliphatic heterocycles. The number of hydrogen-bond donors (Lipinski definition) is 1. The van der Waals surface area contributed by atoms with Crippen LogP contribution in [0.4, 0.5) is 11.4 Å². The van der Waals surface area contributed by atoms with E-state index in [0.717, 1.165) is 25.7 Å². The van der Waals surface area contributed by atoms with Crippen LogP contribution < -0.4 is 10.2 Å². The first-order chi connectivity index (χ1) is 18.8. The Morgan fingerprint density at radius 3 is 1.90 bits per heavy atom. The zero-order valence-electron chi connectivity index (χ0n) is 22.3. The molecule has 1 saturated heterocycles. The van der Waals surface area contributed by atoms with Gasteiger partial charge in [-0.25, -0.2) is 9.59 Å². The maximum absolute atomic E-state index is 12.5. The van der Waals surface area contributed by atoms with Crippen LogP contribution >= 0.6 is 0 Å². The van der Waals surface area contributed by atoms with Crippen molar-refractivity contribution in [2.24, 2.45) is 5.92 Å². The van der Waals surface area contributed by atoms with Crippen molar-refractivity contribution in [2.45, 2.75) is 46.0 Å². The number of ether oxygens (including phenoxy) is 3. The van der Waals surface area contributed by atoms with E-state index in [9.17, 15) is 24.0 Å². The van der Waals surface area contributed by atoms with E-state index in [-0.39, 0.29) is 18.9 Å². The number of hydrogen-bond acceptors (Lipinski definition) is 8. The van der Waals surface area contributed by atoms with Gasteiger partial charge < -0.3 is 24.4 Å². The highest BCUT2D eigenvalue weighted by Crippen LogP contribution is 2.26. The van der Waals surface area contributed by atoms with Gasteiger partial charge in [0.1, 0.15) is 0 Å². The maximum atomic E-state index is 12.5. The first kappa shape index (κ1) is 29.3. The monoisotopic (exact) mass is 538 g/mol. The van der Waals surface area contributed by atoms with Gasteiger partial charge in [-0.3, -0.25) is 14.4 Å². The molecule has 0 bridgehead atoms. The standard InChI is InChI=1S/C29H34N2O8/c1-3-5-15-37-27(34)20-7-11-23(12-8-20)30-25(32)19-39-29(36)22-17-26(33)31(18-22)24-13-9-21(10-14-24)28(35)38-16-6-4-2/h7-14,22H,3-6,15-19H2,1-2H3,(H,30,32)/t22-/m0/s1. The van der Waals surface area contributed by atoms with Gasteiger partial charge in [0.05, 0.1) is 30.3 Å². The third-order valence-electron chi connectivity index (χ3n) is 6.09. The summed E-state index contributed by atoms with van der Waals surface area (Å²) in [6, 6.07) is 12.6. The van der Waals surface area contributed by atoms with Gasteiger partial charge in [-0.2, -0.15) is 0 Å². The molecule has 0 spiro atoms. The Hall–Kier alpha value is -4.21. The molecule has 0 unspecified atom stereocenters. The van der Waals surface area contributed by atoms with Crippen LogP contribution in [0.3, 0.4) is 0 Å². The molecule has 0 aromatic heterocycles. The van der Waals surface area contributed by atoms with Gasteiger partial charge in [0.15, 0.2) is 6.61 Å². The molecule has 1 aliphatic rings. The smallest absolute Gasteiger partial charge is 0.338 e. The summed E-state index contributed by atoms with van der Waals surface area (Å²) in [6.45, 7) is 4.30. The summed E-state index contributed by atoms with van der Waals surface area (Å²) in [5.74, 6) is -3.04. The molecule has 0 aliphatic carbocycles. The summed E-state index contributed by atoms with van der Waals surface area (Å²) in [6.07, 6.45) is 3.37. The van der Waals surface area contributed by atoms with Crippen LogP contribution in [0.2, 0.25) is 0 Å². The molecule has 2 amide bonds. The average molecular weight is 539 g/mol. The first-order valence-electron chi connectivity index (χ1n) is 13.1. The highest BCUT2D eigenvalue weighted by atomic mass is 16.5. The number of amides is 2. The van der Waals surface area contributed by atoms with Gasteiger partial charge in [0.2, 0.25) is 5.91 Å². The Bertz CT molecular complexity index is 1160. The van der Waals surface area contributed by atoms with Crippen LogP contribution in [0, 0.1) is 5.92 Å². The fraction of sp³-hybridized carbons (Fsp3) is 0.414. The normalized spacial score (nSPS) is 14.6. The van der Waals surface area contributed by atoms with Crippen molar-refractivity contribution in [3.05, 3.63) is 59.7 Å². The largest absolute Gasteiger partial charge is 0.462 e. The highest BCUT2D eigenvalue weighted by molar-refractivity contribution is 6.00. The van der Waals surface area contributed by atoms with E-state index in [1.54, 1.807) is 36.4 Å². The lowest BCUT2D eigenvalue weighted by molar-refractivity contribution is -0.151. The number of anilines is 2. The van der Waals surface area contributed by atoms with Gasteiger partial charge in [-0.05, 0) is 61.4 Å². The molecule has 0 saturated carbocycles. The third kappa shape index (κ3) is 8.66. The SMILES string of the molecule is CCCCOC(=O)c1ccc(NC(=O)COC(=O)[C@H]2CC(=O)N(c3ccc(C(=O)OCCCC)cc3)C2)cc1. The molecule has 1 fully saturated rings. The summed E-state index contributed by atoms with van der Waals surface area (Å²) >= 11 is 0. The van der Waals surface area contributed by atoms with E-state index in [0.29, 0.717) is 35.7 Å². The minimum absolute atomic E-state index is 0.0446. The van der Waals surface area contributed by atoms with Crippen molar-refractivity contribution in [3.63, 3.8) is 0 Å². The van der Waals surface area contributed by atoms with Gasteiger partial charge >= 0.3 is 17.9 Å². The Morgan fingerprint density at radius 1 is 0.821 bits per heavy atom. The Morgan fingerprint density at radius 2 is 1.36 bits per heavy atom. The number of nitrogens with zero attached hydrogens (tertiary/aromatic N) is 1. The molecular weight excluding hydrogens is 504 g/mol. The molecule has 208 valence electrons. The number of unbranched alkanes of at least 4 members (excludes halogenated alkanes) is 2. The second kappa shape index (κ2) is 14.7. The van der Waals surface area contributed by atoms with Gasteiger partial charge in [-0.1, -0.05) is 26.7 Å². The Kier molecular flexibility index (Phi) is 11.0. The molecule has 1 N–H and O–H groups in total. The molecule has 10 nitrogen and oxygen atoms in total. The molecule has 0 radical (unpaired) electrons. The molecule has 2 aromatic carbocycles. The number of nitrogens with one attached hydrogen (secondary N) is 1. The van der Waals surface area contributed by atoms with E-state index in [1.165, 1.54) is 17.0 Å². The lowest BCUT2D eigenvalue weighted by Gasteiger charge is -2.17. The van der Waals surface area contributed by atoms with Crippen LogP contribution in [0.15, 0.2) is 48.5 Å². The lowest BCUT2D eigenvalue weighted by Crippen LogP contribution is -2.28. The number of carbonyl (C=O) groups is 5. The Balaban J connectivity index is 1.45. The molecule has 3 rings (SSSR count). The van der Waals surface area contributed by atoms with Crippen LogP contribution in [0.5, 0.6) is 0 Å². The topological polar surface area (TPSA) is 128 Å². The van der Waals surface area contributed by atoms with Crippen molar-refractivity contribution >= 4 is 41.1 Å². The van der Waals surface area contributed by atoms with Crippen molar-refractivity contribution in [1.29, 1.82) is 0 Å². The predicted octanol–water partition coefficient (Wildman–Crippen LogP) is 4.14. The van der Waals surface area contributed by atoms with E-state index in [4.69, 9.17) is 14.2 Å². The lowest BCUT2D eigenvalue weighted by atomic mass is 10.1. The van der Waals surface area contributed by atoms with Crippen molar-refractivity contribution < 1.29 is 38.2 Å². The number of carbonyl (C=O) groups excluding carboxylic acids is 5. The highest BCUT2D eigenvalue weighted by Gasteiger charge is 2.36. The predicted molar refractivity (Wildman–Crippen MR) is 143 cm³/mol. The fourth-order valence-corrected chi connectivity index (χ4v) is 3.82. The second-order valence-electron chi connectivity index (χ2n) is 9.16. The summed E-state index contributed by atoms with van der Waals surface area (Å²) in [5, 5.41) is 2.60. The minimum Gasteiger partial charge on any atom is -0.462 e.